The molecule has 0 aliphatic rings. The molecular formula is C16H16F2N2O3S. The molecule has 24 heavy (non-hydrogen) atoms. The molecule has 0 fully saturated rings. The number of hydrogen-bond acceptors (Lipinski definition) is 4. The average Bonchev–Trinajstić information content (AvgIpc) is 2.51. The molecule has 0 radical (unpaired) electrons. The maximum Gasteiger partial charge on any atom is 0.235 e. The van der Waals surface area contributed by atoms with Crippen LogP contribution in [-0.2, 0) is 10.0 Å². The van der Waals surface area contributed by atoms with E-state index in [0.717, 1.165) is 18.2 Å². The number of benzene rings is 2. The Labute approximate surface area is 138 Å². The summed E-state index contributed by atoms with van der Waals surface area (Å²) in [5.41, 5.74) is 5.36. The Balaban J connectivity index is 2.44. The van der Waals surface area contributed by atoms with E-state index in [2.05, 4.69) is 4.72 Å². The van der Waals surface area contributed by atoms with Gasteiger partial charge in [0.05, 0.1) is 22.2 Å². The summed E-state index contributed by atoms with van der Waals surface area (Å²) in [6.07, 6.45) is 0. The van der Waals surface area contributed by atoms with E-state index in [-0.39, 0.29) is 16.9 Å². The van der Waals surface area contributed by atoms with Gasteiger partial charge in [-0.1, -0.05) is 0 Å². The van der Waals surface area contributed by atoms with Gasteiger partial charge in [0.2, 0.25) is 10.0 Å². The second kappa shape index (κ2) is 6.56. The van der Waals surface area contributed by atoms with Crippen LogP contribution >= 0.6 is 0 Å². The Kier molecular flexibility index (Phi) is 4.88. The molecule has 5 nitrogen and oxygen atoms in total. The summed E-state index contributed by atoms with van der Waals surface area (Å²) < 4.78 is 53.2. The number of nitrogens with two attached hydrogens (primary N) is 1. The highest BCUT2D eigenvalue weighted by atomic mass is 32.2. The van der Waals surface area contributed by atoms with Crippen molar-refractivity contribution in [2.75, 3.05) is 10.5 Å². The Hall–Kier alpha value is -2.48. The largest absolute Gasteiger partial charge is 0.397 e. The number of carbonyl (C=O) groups excluding carboxylic acids is 1. The van der Waals surface area contributed by atoms with E-state index in [0.29, 0.717) is 0 Å². The first-order valence-electron chi connectivity index (χ1n) is 7.02. The van der Waals surface area contributed by atoms with Gasteiger partial charge in [-0.05, 0) is 50.2 Å². The zero-order chi connectivity index (χ0) is 18.1. The number of nitrogen functional groups attached to an aromatic ring is 1. The fraction of sp³-hybridized carbons (Fsp3) is 0.188. The highest BCUT2D eigenvalue weighted by Crippen LogP contribution is 2.24. The van der Waals surface area contributed by atoms with Gasteiger partial charge in [0.15, 0.2) is 5.78 Å². The van der Waals surface area contributed by atoms with Crippen LogP contribution in [0.25, 0.3) is 0 Å². The van der Waals surface area contributed by atoms with E-state index < -0.39 is 38.3 Å². The van der Waals surface area contributed by atoms with Crippen molar-refractivity contribution in [1.82, 2.24) is 0 Å². The SMILES string of the molecule is CC(C)S(=O)(=O)Nc1cc(C(=O)c2cc(F)ccc2F)ccc1N. The van der Waals surface area contributed by atoms with Crippen molar-refractivity contribution in [3.05, 3.63) is 59.2 Å². The van der Waals surface area contributed by atoms with Crippen LogP contribution < -0.4 is 10.5 Å². The van der Waals surface area contributed by atoms with E-state index >= 15 is 0 Å². The van der Waals surface area contributed by atoms with Crippen LogP contribution in [0, 0.1) is 11.6 Å². The molecule has 0 unspecified atom stereocenters. The van der Waals surface area contributed by atoms with Crippen molar-refractivity contribution in [3.8, 4) is 0 Å². The van der Waals surface area contributed by atoms with Gasteiger partial charge in [-0.3, -0.25) is 9.52 Å². The fourth-order valence-corrected chi connectivity index (χ4v) is 2.60. The Bertz CT molecular complexity index is 896. The summed E-state index contributed by atoms with van der Waals surface area (Å²) in [6.45, 7) is 2.96. The van der Waals surface area contributed by atoms with Gasteiger partial charge < -0.3 is 5.73 Å². The monoisotopic (exact) mass is 354 g/mol. The minimum atomic E-state index is -3.67. The molecule has 128 valence electrons. The van der Waals surface area contributed by atoms with Gasteiger partial charge in [-0.2, -0.15) is 0 Å². The van der Waals surface area contributed by atoms with Crippen LogP contribution in [0.1, 0.15) is 29.8 Å². The molecule has 0 aromatic heterocycles. The molecule has 3 N–H and O–H groups in total. The zero-order valence-corrected chi connectivity index (χ0v) is 13.8. The number of sulfonamides is 1. The topological polar surface area (TPSA) is 89.3 Å². The lowest BCUT2D eigenvalue weighted by Gasteiger charge is -2.14. The van der Waals surface area contributed by atoms with Crippen molar-refractivity contribution in [1.29, 1.82) is 0 Å². The van der Waals surface area contributed by atoms with Crippen molar-refractivity contribution in [2.24, 2.45) is 0 Å². The number of carbonyl (C=O) groups is 1. The summed E-state index contributed by atoms with van der Waals surface area (Å²) in [6, 6.07) is 6.37. The fourth-order valence-electron chi connectivity index (χ4n) is 1.88. The van der Waals surface area contributed by atoms with Crippen molar-refractivity contribution < 1.29 is 22.0 Å². The normalized spacial score (nSPS) is 11.5. The second-order valence-corrected chi connectivity index (χ2v) is 7.69. The number of hydrogen-bond donors (Lipinski definition) is 2. The summed E-state index contributed by atoms with van der Waals surface area (Å²) >= 11 is 0. The summed E-state index contributed by atoms with van der Waals surface area (Å²) in [5, 5.41) is -0.711. The van der Waals surface area contributed by atoms with Crippen molar-refractivity contribution >= 4 is 27.2 Å². The van der Waals surface area contributed by atoms with E-state index in [9.17, 15) is 22.0 Å². The maximum atomic E-state index is 13.7. The van der Waals surface area contributed by atoms with Gasteiger partial charge >= 0.3 is 0 Å². The molecule has 0 saturated carbocycles. The molecule has 0 heterocycles. The third kappa shape index (κ3) is 3.70. The number of halogens is 2. The first-order chi connectivity index (χ1) is 11.1. The predicted octanol–water partition coefficient (Wildman–Crippen LogP) is 2.93. The van der Waals surface area contributed by atoms with Gasteiger partial charge in [0, 0.05) is 5.56 Å². The first kappa shape index (κ1) is 17.9. The lowest BCUT2D eigenvalue weighted by atomic mass is 10.0. The highest BCUT2D eigenvalue weighted by molar-refractivity contribution is 7.93. The number of rotatable bonds is 5. The van der Waals surface area contributed by atoms with Crippen LogP contribution in [-0.4, -0.2) is 19.5 Å². The lowest BCUT2D eigenvalue weighted by Crippen LogP contribution is -2.23. The first-order valence-corrected chi connectivity index (χ1v) is 8.57. The molecule has 0 amide bonds. The molecule has 0 atom stereocenters. The van der Waals surface area contributed by atoms with E-state index in [1.165, 1.54) is 32.0 Å². The van der Waals surface area contributed by atoms with E-state index in [4.69, 9.17) is 5.73 Å². The van der Waals surface area contributed by atoms with Crippen molar-refractivity contribution in [2.45, 2.75) is 19.1 Å². The minimum Gasteiger partial charge on any atom is -0.397 e. The smallest absolute Gasteiger partial charge is 0.235 e. The second-order valence-electron chi connectivity index (χ2n) is 5.45. The van der Waals surface area contributed by atoms with Gasteiger partial charge in [0.25, 0.3) is 0 Å². The Morgan fingerprint density at radius 1 is 1.12 bits per heavy atom. The molecule has 0 aliphatic heterocycles. The maximum absolute atomic E-state index is 13.7. The number of anilines is 2. The number of nitrogens with one attached hydrogen (secondary N) is 1. The molecule has 2 rings (SSSR count). The molecule has 8 heteroatoms. The Morgan fingerprint density at radius 3 is 2.42 bits per heavy atom. The van der Waals surface area contributed by atoms with Gasteiger partial charge in [-0.25, -0.2) is 17.2 Å². The highest BCUT2D eigenvalue weighted by Gasteiger charge is 2.20. The van der Waals surface area contributed by atoms with Crippen molar-refractivity contribution in [3.63, 3.8) is 0 Å². The molecule has 2 aromatic rings. The summed E-state index contributed by atoms with van der Waals surface area (Å²) in [4.78, 5) is 12.4. The van der Waals surface area contributed by atoms with Gasteiger partial charge in [-0.15, -0.1) is 0 Å². The molecule has 0 bridgehead atoms. The standard InChI is InChI=1S/C16H16F2N2O3S/c1-9(2)24(22,23)20-15-7-10(3-6-14(15)19)16(21)12-8-11(17)4-5-13(12)18/h3-9,20H,19H2,1-2H3. The van der Waals surface area contributed by atoms with E-state index in [1.54, 1.807) is 0 Å². The van der Waals surface area contributed by atoms with Crippen LogP contribution in [0.5, 0.6) is 0 Å². The minimum absolute atomic E-state index is 0.00589. The van der Waals surface area contributed by atoms with Crippen LogP contribution in [0.4, 0.5) is 20.2 Å². The van der Waals surface area contributed by atoms with Gasteiger partial charge in [0.1, 0.15) is 11.6 Å². The quantitative estimate of drug-likeness (QED) is 0.638. The molecular weight excluding hydrogens is 338 g/mol. The molecule has 0 aliphatic carbocycles. The molecule has 0 saturated heterocycles. The third-order valence-electron chi connectivity index (χ3n) is 3.36. The van der Waals surface area contributed by atoms with Crippen LogP contribution in [0.2, 0.25) is 0 Å². The lowest BCUT2D eigenvalue weighted by molar-refractivity contribution is 0.103. The average molecular weight is 354 g/mol. The Morgan fingerprint density at radius 2 is 1.79 bits per heavy atom. The summed E-state index contributed by atoms with van der Waals surface area (Å²) in [7, 11) is -3.67. The number of ketones is 1. The predicted molar refractivity (Wildman–Crippen MR) is 88.3 cm³/mol. The third-order valence-corrected chi connectivity index (χ3v) is 5.11. The molecule has 2 aromatic carbocycles. The summed E-state index contributed by atoms with van der Waals surface area (Å²) in [5.74, 6) is -2.41. The van der Waals surface area contributed by atoms with E-state index in [1.807, 2.05) is 0 Å². The molecule has 0 spiro atoms. The van der Waals surface area contributed by atoms with Crippen LogP contribution in [0.3, 0.4) is 0 Å². The van der Waals surface area contributed by atoms with Crippen LogP contribution in [0.15, 0.2) is 36.4 Å². The zero-order valence-electron chi connectivity index (χ0n) is 13.0.